The van der Waals surface area contributed by atoms with Crippen molar-refractivity contribution in [2.24, 2.45) is 0 Å². The molecule has 20 heavy (non-hydrogen) atoms. The van der Waals surface area contributed by atoms with Crippen LogP contribution in [0.25, 0.3) is 0 Å². The molecule has 0 radical (unpaired) electrons. The molecule has 7 heteroatoms. The highest BCUT2D eigenvalue weighted by atomic mass is 79.9. The Bertz CT molecular complexity index is 694. The quantitative estimate of drug-likeness (QED) is 0.787. The zero-order valence-electron chi connectivity index (χ0n) is 9.88. The second-order valence-corrected chi connectivity index (χ2v) is 5.20. The molecule has 2 rings (SSSR count). The SMILES string of the molecule is Nc1cc(NC(=O)c2ccc(Cl)c(Br)c2)c(F)cc1F. The summed E-state index contributed by atoms with van der Waals surface area (Å²) >= 11 is 8.99. The molecule has 104 valence electrons. The summed E-state index contributed by atoms with van der Waals surface area (Å²) in [6.07, 6.45) is 0. The molecule has 0 aliphatic rings. The lowest BCUT2D eigenvalue weighted by atomic mass is 10.2. The fourth-order valence-electron chi connectivity index (χ4n) is 1.49. The van der Waals surface area contributed by atoms with Gasteiger partial charge in [0.05, 0.1) is 16.4 Å². The average molecular weight is 362 g/mol. The third kappa shape index (κ3) is 3.08. The van der Waals surface area contributed by atoms with Gasteiger partial charge >= 0.3 is 0 Å². The molecule has 0 aliphatic heterocycles. The van der Waals surface area contributed by atoms with Crippen LogP contribution in [-0.2, 0) is 0 Å². The van der Waals surface area contributed by atoms with E-state index in [0.717, 1.165) is 6.07 Å². The van der Waals surface area contributed by atoms with Crippen molar-refractivity contribution < 1.29 is 13.6 Å². The van der Waals surface area contributed by atoms with Crippen molar-refractivity contribution in [3.8, 4) is 0 Å². The molecule has 0 atom stereocenters. The fourth-order valence-corrected chi connectivity index (χ4v) is 1.99. The summed E-state index contributed by atoms with van der Waals surface area (Å²) in [5.74, 6) is -2.35. The van der Waals surface area contributed by atoms with E-state index in [1.165, 1.54) is 18.2 Å². The molecule has 3 nitrogen and oxygen atoms in total. The minimum atomic E-state index is -0.905. The number of halogens is 4. The highest BCUT2D eigenvalue weighted by Gasteiger charge is 2.13. The topological polar surface area (TPSA) is 55.1 Å². The van der Waals surface area contributed by atoms with Gasteiger partial charge in [-0.3, -0.25) is 4.79 Å². The third-order valence-corrected chi connectivity index (χ3v) is 3.73. The minimum Gasteiger partial charge on any atom is -0.396 e. The Balaban J connectivity index is 2.27. The number of hydrogen-bond donors (Lipinski definition) is 2. The number of nitrogens with one attached hydrogen (secondary N) is 1. The average Bonchev–Trinajstić information content (AvgIpc) is 2.39. The van der Waals surface area contributed by atoms with Gasteiger partial charge in [-0.25, -0.2) is 8.78 Å². The molecule has 3 N–H and O–H groups in total. The highest BCUT2D eigenvalue weighted by Crippen LogP contribution is 2.25. The molecule has 2 aromatic carbocycles. The number of carbonyl (C=O) groups is 1. The van der Waals surface area contributed by atoms with Gasteiger partial charge < -0.3 is 11.1 Å². The van der Waals surface area contributed by atoms with Gasteiger partial charge in [-0.15, -0.1) is 0 Å². The molecule has 0 spiro atoms. The molecular formula is C13H8BrClF2N2O. The summed E-state index contributed by atoms with van der Waals surface area (Å²) in [5, 5.41) is 2.76. The Hall–Kier alpha value is -1.66. The van der Waals surface area contributed by atoms with Gasteiger partial charge in [-0.05, 0) is 40.2 Å². The molecule has 0 heterocycles. The predicted octanol–water partition coefficient (Wildman–Crippen LogP) is 4.22. The first-order valence-corrected chi connectivity index (χ1v) is 6.56. The number of amides is 1. The standard InChI is InChI=1S/C13H8BrClF2N2O/c14-7-3-6(1-2-8(7)15)13(20)19-12-5-11(18)9(16)4-10(12)17/h1-5H,18H2,(H,19,20). The van der Waals surface area contributed by atoms with Crippen LogP contribution in [-0.4, -0.2) is 5.91 Å². The van der Waals surface area contributed by atoms with E-state index in [2.05, 4.69) is 21.2 Å². The van der Waals surface area contributed by atoms with Gasteiger partial charge in [-0.1, -0.05) is 11.6 Å². The van der Waals surface area contributed by atoms with Gasteiger partial charge in [0.2, 0.25) is 0 Å². The van der Waals surface area contributed by atoms with E-state index in [4.69, 9.17) is 17.3 Å². The van der Waals surface area contributed by atoms with Gasteiger partial charge in [0, 0.05) is 16.1 Å². The van der Waals surface area contributed by atoms with Gasteiger partial charge in [0.1, 0.15) is 11.6 Å². The first-order valence-electron chi connectivity index (χ1n) is 5.39. The van der Waals surface area contributed by atoms with Crippen molar-refractivity contribution in [2.75, 3.05) is 11.1 Å². The number of nitrogen functional groups attached to an aromatic ring is 1. The highest BCUT2D eigenvalue weighted by molar-refractivity contribution is 9.10. The molecular weight excluding hydrogens is 354 g/mol. The van der Waals surface area contributed by atoms with Crippen LogP contribution in [0.5, 0.6) is 0 Å². The molecule has 0 fully saturated rings. The Morgan fingerprint density at radius 1 is 1.20 bits per heavy atom. The predicted molar refractivity (Wildman–Crippen MR) is 77.9 cm³/mol. The van der Waals surface area contributed by atoms with Gasteiger partial charge in [-0.2, -0.15) is 0 Å². The van der Waals surface area contributed by atoms with Crippen LogP contribution in [0.15, 0.2) is 34.8 Å². The minimum absolute atomic E-state index is 0.194. The first kappa shape index (κ1) is 14.7. The van der Waals surface area contributed by atoms with Crippen LogP contribution < -0.4 is 11.1 Å². The van der Waals surface area contributed by atoms with Crippen LogP contribution in [0.4, 0.5) is 20.2 Å². The summed E-state index contributed by atoms with van der Waals surface area (Å²) in [7, 11) is 0. The van der Waals surface area contributed by atoms with E-state index in [0.29, 0.717) is 15.6 Å². The van der Waals surface area contributed by atoms with E-state index >= 15 is 0 Å². The maximum Gasteiger partial charge on any atom is 0.255 e. The maximum atomic E-state index is 13.5. The monoisotopic (exact) mass is 360 g/mol. The lowest BCUT2D eigenvalue weighted by Gasteiger charge is -2.08. The van der Waals surface area contributed by atoms with E-state index in [9.17, 15) is 13.6 Å². The summed E-state index contributed by atoms with van der Waals surface area (Å²) in [6, 6.07) is 6.13. The number of anilines is 2. The summed E-state index contributed by atoms with van der Waals surface area (Å²) in [5.41, 5.74) is 5.15. The number of benzene rings is 2. The van der Waals surface area contributed by atoms with Gasteiger partial charge in [0.15, 0.2) is 0 Å². The molecule has 0 saturated heterocycles. The number of rotatable bonds is 2. The molecule has 0 saturated carbocycles. The largest absolute Gasteiger partial charge is 0.396 e. The van der Waals surface area contributed by atoms with Crippen molar-refractivity contribution in [1.82, 2.24) is 0 Å². The molecule has 2 aromatic rings. The molecule has 0 aromatic heterocycles. The van der Waals surface area contributed by atoms with E-state index in [1.54, 1.807) is 0 Å². The van der Waals surface area contributed by atoms with Crippen LogP contribution in [0.2, 0.25) is 5.02 Å². The van der Waals surface area contributed by atoms with Crippen LogP contribution >= 0.6 is 27.5 Å². The van der Waals surface area contributed by atoms with Crippen molar-refractivity contribution in [3.05, 3.63) is 57.0 Å². The molecule has 0 unspecified atom stereocenters. The number of hydrogen-bond acceptors (Lipinski definition) is 2. The normalized spacial score (nSPS) is 10.4. The van der Waals surface area contributed by atoms with Crippen molar-refractivity contribution >= 4 is 44.8 Å². The second-order valence-electron chi connectivity index (χ2n) is 3.94. The van der Waals surface area contributed by atoms with Crippen molar-refractivity contribution in [2.45, 2.75) is 0 Å². The summed E-state index contributed by atoms with van der Waals surface area (Å²) in [6.45, 7) is 0. The Kier molecular flexibility index (Phi) is 4.25. The van der Waals surface area contributed by atoms with Gasteiger partial charge in [0.25, 0.3) is 5.91 Å². The lowest BCUT2D eigenvalue weighted by molar-refractivity contribution is 0.102. The van der Waals surface area contributed by atoms with Crippen LogP contribution in [0, 0.1) is 11.6 Å². The summed E-state index contributed by atoms with van der Waals surface area (Å²) < 4.78 is 27.1. The van der Waals surface area contributed by atoms with Crippen LogP contribution in [0.1, 0.15) is 10.4 Å². The Labute approximate surface area is 126 Å². The molecule has 0 aliphatic carbocycles. The number of nitrogens with two attached hydrogens (primary N) is 1. The zero-order valence-corrected chi connectivity index (χ0v) is 12.2. The smallest absolute Gasteiger partial charge is 0.255 e. The third-order valence-electron chi connectivity index (χ3n) is 2.52. The van der Waals surface area contributed by atoms with E-state index in [-0.39, 0.29) is 16.9 Å². The van der Waals surface area contributed by atoms with E-state index in [1.807, 2.05) is 0 Å². The molecule has 0 bridgehead atoms. The van der Waals surface area contributed by atoms with Crippen molar-refractivity contribution in [3.63, 3.8) is 0 Å². The van der Waals surface area contributed by atoms with Crippen LogP contribution in [0.3, 0.4) is 0 Å². The van der Waals surface area contributed by atoms with E-state index < -0.39 is 17.5 Å². The second kappa shape index (κ2) is 5.76. The maximum absolute atomic E-state index is 13.5. The lowest BCUT2D eigenvalue weighted by Crippen LogP contribution is -2.13. The first-order chi connectivity index (χ1) is 9.38. The molecule has 1 amide bonds. The Morgan fingerprint density at radius 2 is 1.90 bits per heavy atom. The van der Waals surface area contributed by atoms with Crippen molar-refractivity contribution in [1.29, 1.82) is 0 Å². The Morgan fingerprint density at radius 3 is 2.55 bits per heavy atom. The fraction of sp³-hybridized carbons (Fsp3) is 0. The zero-order chi connectivity index (χ0) is 14.9. The summed E-state index contributed by atoms with van der Waals surface area (Å²) in [4.78, 5) is 11.9. The number of carbonyl (C=O) groups excluding carboxylic acids is 1.